The summed E-state index contributed by atoms with van der Waals surface area (Å²) in [7, 11) is 0. The molecule has 1 N–H and O–H groups in total. The minimum atomic E-state index is -0.307. The quantitative estimate of drug-likeness (QED) is 0.773. The van der Waals surface area contributed by atoms with Crippen LogP contribution in [0.2, 0.25) is 0 Å². The minimum absolute atomic E-state index is 0.0323. The number of anilines is 1. The Balaban J connectivity index is 1.37. The number of pyridine rings is 1. The lowest BCUT2D eigenvalue weighted by molar-refractivity contribution is -0.140. The van der Waals surface area contributed by atoms with Crippen molar-refractivity contribution in [1.29, 1.82) is 0 Å². The number of likely N-dealkylation sites (tertiary alicyclic amines) is 2. The first kappa shape index (κ1) is 20.8. The van der Waals surface area contributed by atoms with Crippen molar-refractivity contribution in [2.24, 2.45) is 5.92 Å². The van der Waals surface area contributed by atoms with Crippen molar-refractivity contribution in [3.8, 4) is 11.5 Å². The molecule has 2 aliphatic rings. The minimum Gasteiger partial charge on any atom is -0.454 e. The molecule has 1 atom stereocenters. The molecule has 31 heavy (non-hydrogen) atoms. The van der Waals surface area contributed by atoms with E-state index in [0.29, 0.717) is 49.7 Å². The predicted octanol–water partition coefficient (Wildman–Crippen LogP) is 2.67. The lowest BCUT2D eigenvalue weighted by atomic mass is 9.97. The number of hydrogen-bond donors (Lipinski definition) is 1. The summed E-state index contributed by atoms with van der Waals surface area (Å²) in [5, 5.41) is 2.95. The van der Waals surface area contributed by atoms with Gasteiger partial charge < -0.3 is 19.9 Å². The van der Waals surface area contributed by atoms with Crippen LogP contribution in [0.5, 0.6) is 11.5 Å². The summed E-state index contributed by atoms with van der Waals surface area (Å²) >= 11 is 0. The summed E-state index contributed by atoms with van der Waals surface area (Å²) in [5.41, 5.74) is 0.572. The Hall–Kier alpha value is -3.42. The maximum Gasteiger partial charge on any atom is 0.242 e. The van der Waals surface area contributed by atoms with Crippen molar-refractivity contribution in [3.05, 3.63) is 48.8 Å². The molecule has 2 aliphatic heterocycles. The molecule has 162 valence electrons. The molecular weight excluding hydrogens is 396 g/mol. The number of benzene rings is 1. The second kappa shape index (κ2) is 9.59. The smallest absolute Gasteiger partial charge is 0.242 e. The summed E-state index contributed by atoms with van der Waals surface area (Å²) in [6.45, 7) is 1.72. The van der Waals surface area contributed by atoms with Gasteiger partial charge in [-0.25, -0.2) is 0 Å². The van der Waals surface area contributed by atoms with Crippen molar-refractivity contribution in [2.75, 3.05) is 31.5 Å². The fraction of sp³-hybridized carbons (Fsp3) is 0.391. The summed E-state index contributed by atoms with van der Waals surface area (Å²) in [4.78, 5) is 44.8. The second-order valence-corrected chi connectivity index (χ2v) is 7.87. The number of nitrogens with zero attached hydrogens (tertiary/aromatic N) is 3. The van der Waals surface area contributed by atoms with Gasteiger partial charge in [-0.1, -0.05) is 12.1 Å². The van der Waals surface area contributed by atoms with Crippen LogP contribution in [0.25, 0.3) is 0 Å². The van der Waals surface area contributed by atoms with Crippen LogP contribution in [0.1, 0.15) is 25.7 Å². The molecule has 8 nitrogen and oxygen atoms in total. The first-order valence-corrected chi connectivity index (χ1v) is 10.6. The molecule has 1 unspecified atom stereocenters. The van der Waals surface area contributed by atoms with E-state index in [4.69, 9.17) is 4.74 Å². The van der Waals surface area contributed by atoms with Crippen LogP contribution >= 0.6 is 0 Å². The van der Waals surface area contributed by atoms with Crippen LogP contribution in [0.15, 0.2) is 48.8 Å². The van der Waals surface area contributed by atoms with Crippen LogP contribution in [-0.4, -0.2) is 58.7 Å². The number of aromatic nitrogens is 1. The molecule has 3 amide bonds. The lowest BCUT2D eigenvalue weighted by Crippen LogP contribution is -2.47. The fourth-order valence-electron chi connectivity index (χ4n) is 3.98. The van der Waals surface area contributed by atoms with Crippen LogP contribution in [0, 0.1) is 5.92 Å². The number of carbonyl (C=O) groups is 3. The normalized spacial score (nSPS) is 18.7. The largest absolute Gasteiger partial charge is 0.454 e. The van der Waals surface area contributed by atoms with Crippen molar-refractivity contribution in [3.63, 3.8) is 0 Å². The number of nitrogens with one attached hydrogen (secondary N) is 1. The van der Waals surface area contributed by atoms with Gasteiger partial charge in [0.15, 0.2) is 5.75 Å². The van der Waals surface area contributed by atoms with Crippen LogP contribution < -0.4 is 10.1 Å². The first-order valence-electron chi connectivity index (χ1n) is 10.6. The van der Waals surface area contributed by atoms with Gasteiger partial charge >= 0.3 is 0 Å². The van der Waals surface area contributed by atoms with E-state index in [2.05, 4.69) is 10.3 Å². The predicted molar refractivity (Wildman–Crippen MR) is 115 cm³/mol. The van der Waals surface area contributed by atoms with Crippen LogP contribution in [0.4, 0.5) is 5.69 Å². The molecule has 1 aromatic carbocycles. The number of rotatable bonds is 6. The highest BCUT2D eigenvalue weighted by Gasteiger charge is 2.31. The topological polar surface area (TPSA) is 91.8 Å². The average Bonchev–Trinajstić information content (AvgIpc) is 3.20. The van der Waals surface area contributed by atoms with Gasteiger partial charge in [0.1, 0.15) is 5.75 Å². The maximum atomic E-state index is 13.0. The monoisotopic (exact) mass is 422 g/mol. The molecule has 4 rings (SSSR count). The number of ether oxygens (including phenoxy) is 1. The van der Waals surface area contributed by atoms with Gasteiger partial charge in [0, 0.05) is 32.3 Å². The van der Waals surface area contributed by atoms with Crippen molar-refractivity contribution in [2.45, 2.75) is 25.7 Å². The Morgan fingerprint density at radius 3 is 2.77 bits per heavy atom. The molecule has 1 aromatic heterocycles. The molecule has 0 spiro atoms. The van der Waals surface area contributed by atoms with Gasteiger partial charge in [-0.15, -0.1) is 0 Å². The Labute approximate surface area is 181 Å². The van der Waals surface area contributed by atoms with Gasteiger partial charge in [-0.2, -0.15) is 0 Å². The molecule has 0 aliphatic carbocycles. The highest BCUT2D eigenvalue weighted by atomic mass is 16.5. The zero-order chi connectivity index (χ0) is 21.6. The summed E-state index contributed by atoms with van der Waals surface area (Å²) in [6.07, 6.45) is 6.05. The van der Waals surface area contributed by atoms with Crippen molar-refractivity contribution in [1.82, 2.24) is 14.8 Å². The van der Waals surface area contributed by atoms with Gasteiger partial charge in [-0.05, 0) is 43.5 Å². The molecule has 2 saturated heterocycles. The standard InChI is InChI=1S/C23H26N4O4/c28-21-10-5-13-27(21)16-22(29)26-12-4-6-17(15-26)23(30)25-19-8-1-2-9-20(19)31-18-7-3-11-24-14-18/h1-3,7-9,11,14,17H,4-6,10,12-13,15-16H2,(H,25,30). The van der Waals surface area contributed by atoms with Crippen LogP contribution in [-0.2, 0) is 14.4 Å². The zero-order valence-electron chi connectivity index (χ0n) is 17.3. The summed E-state index contributed by atoms with van der Waals surface area (Å²) < 4.78 is 5.86. The maximum absolute atomic E-state index is 13.0. The van der Waals surface area contributed by atoms with E-state index in [1.807, 2.05) is 12.1 Å². The van der Waals surface area contributed by atoms with E-state index < -0.39 is 0 Å². The van der Waals surface area contributed by atoms with E-state index in [0.717, 1.165) is 12.8 Å². The first-order chi connectivity index (χ1) is 15.1. The Kier molecular flexibility index (Phi) is 6.45. The van der Waals surface area contributed by atoms with E-state index in [-0.39, 0.29) is 30.2 Å². The van der Waals surface area contributed by atoms with E-state index >= 15 is 0 Å². The van der Waals surface area contributed by atoms with E-state index in [1.165, 1.54) is 0 Å². The average molecular weight is 422 g/mol. The van der Waals surface area contributed by atoms with Crippen molar-refractivity contribution >= 4 is 23.4 Å². The molecule has 2 fully saturated rings. The van der Waals surface area contributed by atoms with Gasteiger partial charge in [-0.3, -0.25) is 19.4 Å². The summed E-state index contributed by atoms with van der Waals surface area (Å²) in [5.74, 6) is 0.601. The molecule has 2 aromatic rings. The fourth-order valence-corrected chi connectivity index (χ4v) is 3.98. The molecule has 0 bridgehead atoms. The third kappa shape index (κ3) is 5.20. The number of amides is 3. The Morgan fingerprint density at radius 1 is 1.13 bits per heavy atom. The van der Waals surface area contributed by atoms with Gasteiger partial charge in [0.2, 0.25) is 17.7 Å². The molecular formula is C23H26N4O4. The van der Waals surface area contributed by atoms with Gasteiger partial charge in [0.05, 0.1) is 24.3 Å². The SMILES string of the molecule is O=C(Nc1ccccc1Oc1cccnc1)C1CCCN(C(=O)CN2CCCC2=O)C1. The van der Waals surface area contributed by atoms with Gasteiger partial charge in [0.25, 0.3) is 0 Å². The highest BCUT2D eigenvalue weighted by Crippen LogP contribution is 2.30. The molecule has 3 heterocycles. The number of carbonyl (C=O) groups excluding carboxylic acids is 3. The summed E-state index contributed by atoms with van der Waals surface area (Å²) in [6, 6.07) is 10.8. The lowest BCUT2D eigenvalue weighted by Gasteiger charge is -2.33. The molecule has 0 saturated carbocycles. The number of piperidine rings is 1. The Morgan fingerprint density at radius 2 is 2.00 bits per heavy atom. The molecule has 0 radical (unpaired) electrons. The zero-order valence-corrected chi connectivity index (χ0v) is 17.3. The third-order valence-corrected chi connectivity index (χ3v) is 5.65. The number of hydrogen-bond acceptors (Lipinski definition) is 5. The second-order valence-electron chi connectivity index (χ2n) is 7.87. The van der Waals surface area contributed by atoms with E-state index in [9.17, 15) is 14.4 Å². The van der Waals surface area contributed by atoms with Crippen LogP contribution in [0.3, 0.4) is 0 Å². The van der Waals surface area contributed by atoms with Crippen molar-refractivity contribution < 1.29 is 19.1 Å². The third-order valence-electron chi connectivity index (χ3n) is 5.65. The molecule has 8 heteroatoms. The Bertz CT molecular complexity index is 950. The van der Waals surface area contributed by atoms with E-state index in [1.54, 1.807) is 46.5 Å². The number of para-hydroxylation sites is 2. The highest BCUT2D eigenvalue weighted by molar-refractivity contribution is 5.94.